The van der Waals surface area contributed by atoms with Crippen molar-refractivity contribution >= 4 is 33.3 Å². The molecule has 1 aliphatic rings. The summed E-state index contributed by atoms with van der Waals surface area (Å²) in [6.45, 7) is 2.10. The zero-order valence-corrected chi connectivity index (χ0v) is 13.0. The molecule has 1 atom stereocenters. The quantitative estimate of drug-likeness (QED) is 0.709. The summed E-state index contributed by atoms with van der Waals surface area (Å²) in [6, 6.07) is 4.27. The molecule has 1 fully saturated rings. The fourth-order valence-electron chi connectivity index (χ4n) is 1.87. The maximum atomic E-state index is 11.8. The first kappa shape index (κ1) is 16.1. The van der Waals surface area contributed by atoms with Gasteiger partial charge in [-0.05, 0) is 38.0 Å². The van der Waals surface area contributed by atoms with Gasteiger partial charge in [-0.1, -0.05) is 11.6 Å². The van der Waals surface area contributed by atoms with Crippen LogP contribution in [0.3, 0.4) is 0 Å². The lowest BCUT2D eigenvalue weighted by Crippen LogP contribution is -2.39. The van der Waals surface area contributed by atoms with Crippen molar-refractivity contribution in [1.29, 1.82) is 0 Å². The Kier molecular flexibility index (Phi) is 4.75. The van der Waals surface area contributed by atoms with E-state index in [0.29, 0.717) is 25.1 Å². The molecule has 0 heterocycles. The average molecular weight is 333 g/mol. The van der Waals surface area contributed by atoms with Crippen LogP contribution in [0.25, 0.3) is 0 Å². The summed E-state index contributed by atoms with van der Waals surface area (Å²) in [4.78, 5) is 11.0. The molecule has 0 saturated heterocycles. The van der Waals surface area contributed by atoms with Gasteiger partial charge in [0.05, 0.1) is 15.8 Å². The largest absolute Gasteiger partial charge is 0.478 e. The number of hydrogen-bond acceptors (Lipinski definition) is 4. The van der Waals surface area contributed by atoms with Crippen molar-refractivity contribution in [2.24, 2.45) is 0 Å². The Bertz CT molecular complexity index is 644. The molecule has 2 rings (SSSR count). The van der Waals surface area contributed by atoms with E-state index >= 15 is 0 Å². The monoisotopic (exact) mass is 332 g/mol. The van der Waals surface area contributed by atoms with Crippen molar-refractivity contribution in [2.45, 2.75) is 31.1 Å². The molecule has 1 unspecified atom stereocenters. The van der Waals surface area contributed by atoms with E-state index in [1.165, 1.54) is 12.1 Å². The van der Waals surface area contributed by atoms with Crippen LogP contribution in [-0.2, 0) is 10.0 Å². The van der Waals surface area contributed by atoms with Gasteiger partial charge in [-0.15, -0.1) is 0 Å². The molecule has 6 nitrogen and oxygen atoms in total. The third kappa shape index (κ3) is 4.33. The summed E-state index contributed by atoms with van der Waals surface area (Å²) in [6.07, 6.45) is 1.43. The van der Waals surface area contributed by atoms with Crippen molar-refractivity contribution in [3.8, 4) is 0 Å². The zero-order valence-electron chi connectivity index (χ0n) is 11.5. The van der Waals surface area contributed by atoms with Crippen molar-refractivity contribution in [2.75, 3.05) is 11.9 Å². The van der Waals surface area contributed by atoms with E-state index in [4.69, 9.17) is 16.7 Å². The van der Waals surface area contributed by atoms with E-state index in [1.54, 1.807) is 13.0 Å². The Morgan fingerprint density at radius 2 is 2.14 bits per heavy atom. The molecule has 0 bridgehead atoms. The third-order valence-electron chi connectivity index (χ3n) is 3.14. The van der Waals surface area contributed by atoms with Crippen molar-refractivity contribution < 1.29 is 18.3 Å². The van der Waals surface area contributed by atoms with Gasteiger partial charge in [-0.3, -0.25) is 0 Å². The molecule has 1 saturated carbocycles. The highest BCUT2D eigenvalue weighted by atomic mass is 35.5. The number of aromatic carboxylic acids is 1. The van der Waals surface area contributed by atoms with Crippen LogP contribution >= 0.6 is 11.6 Å². The fraction of sp³-hybridized carbons (Fsp3) is 0.462. The molecule has 21 heavy (non-hydrogen) atoms. The zero-order chi connectivity index (χ0) is 15.6. The summed E-state index contributed by atoms with van der Waals surface area (Å²) in [7, 11) is -3.22. The fourth-order valence-corrected chi connectivity index (χ4v) is 3.66. The molecule has 8 heteroatoms. The summed E-state index contributed by atoms with van der Waals surface area (Å²) in [5.74, 6) is -1.11. The number of sulfonamides is 1. The summed E-state index contributed by atoms with van der Waals surface area (Å²) in [5, 5.41) is 11.9. The van der Waals surface area contributed by atoms with Gasteiger partial charge in [0.15, 0.2) is 0 Å². The second-order valence-electron chi connectivity index (χ2n) is 5.14. The van der Waals surface area contributed by atoms with Crippen LogP contribution in [0.2, 0.25) is 5.02 Å². The maximum Gasteiger partial charge on any atom is 0.337 e. The second-order valence-corrected chi connectivity index (χ2v) is 7.54. The van der Waals surface area contributed by atoms with E-state index < -0.39 is 16.0 Å². The minimum Gasteiger partial charge on any atom is -0.478 e. The Labute approximate surface area is 128 Å². The van der Waals surface area contributed by atoms with E-state index in [-0.39, 0.29) is 21.9 Å². The minimum absolute atomic E-state index is 0.00730. The van der Waals surface area contributed by atoms with Gasteiger partial charge < -0.3 is 10.4 Å². The van der Waals surface area contributed by atoms with Gasteiger partial charge in [0.1, 0.15) is 0 Å². The van der Waals surface area contributed by atoms with Crippen LogP contribution in [0.4, 0.5) is 5.69 Å². The van der Waals surface area contributed by atoms with Crippen molar-refractivity contribution in [1.82, 2.24) is 4.72 Å². The molecular weight excluding hydrogens is 316 g/mol. The lowest BCUT2D eigenvalue weighted by Gasteiger charge is -2.16. The van der Waals surface area contributed by atoms with Crippen LogP contribution in [0.5, 0.6) is 0 Å². The predicted molar refractivity (Wildman–Crippen MR) is 81.4 cm³/mol. The van der Waals surface area contributed by atoms with Crippen molar-refractivity contribution in [3.63, 3.8) is 0 Å². The lowest BCUT2D eigenvalue weighted by atomic mass is 10.2. The van der Waals surface area contributed by atoms with Crippen LogP contribution in [0.15, 0.2) is 18.2 Å². The van der Waals surface area contributed by atoms with Crippen LogP contribution in [0.1, 0.15) is 30.1 Å². The Morgan fingerprint density at radius 1 is 1.48 bits per heavy atom. The molecule has 0 aliphatic heterocycles. The molecule has 0 radical (unpaired) electrons. The Hall–Kier alpha value is -1.31. The number of benzene rings is 1. The molecule has 1 aliphatic carbocycles. The molecule has 0 amide bonds. The topological polar surface area (TPSA) is 95.5 Å². The van der Waals surface area contributed by atoms with Gasteiger partial charge in [0, 0.05) is 18.3 Å². The number of rotatable bonds is 7. The summed E-state index contributed by atoms with van der Waals surface area (Å²) < 4.78 is 26.1. The first-order valence-electron chi connectivity index (χ1n) is 6.57. The molecule has 3 N–H and O–H groups in total. The SMILES string of the molecule is CC(CNc1ccc(Cl)c(C(=O)O)c1)NS(=O)(=O)C1CC1. The highest BCUT2D eigenvalue weighted by Crippen LogP contribution is 2.27. The Balaban J connectivity index is 1.93. The summed E-state index contributed by atoms with van der Waals surface area (Å²) in [5.41, 5.74) is 0.585. The smallest absolute Gasteiger partial charge is 0.337 e. The standard InChI is InChI=1S/C13H17ClN2O4S/c1-8(16-21(19,20)10-3-4-10)7-15-9-2-5-12(14)11(6-9)13(17)18/h2,5-6,8,10,15-16H,3-4,7H2,1H3,(H,17,18). The van der Waals surface area contributed by atoms with Crippen LogP contribution in [-0.4, -0.2) is 37.3 Å². The molecule has 1 aromatic carbocycles. The highest BCUT2D eigenvalue weighted by molar-refractivity contribution is 7.90. The van der Waals surface area contributed by atoms with Crippen LogP contribution < -0.4 is 10.0 Å². The first-order chi connectivity index (χ1) is 9.79. The normalized spacial score (nSPS) is 16.5. The molecule has 116 valence electrons. The lowest BCUT2D eigenvalue weighted by molar-refractivity contribution is 0.0697. The van der Waals surface area contributed by atoms with Gasteiger partial charge in [0.2, 0.25) is 10.0 Å². The molecule has 0 aromatic heterocycles. The number of nitrogens with one attached hydrogen (secondary N) is 2. The van der Waals surface area contributed by atoms with Gasteiger partial charge in [0.25, 0.3) is 0 Å². The number of halogens is 1. The number of carbonyl (C=O) groups is 1. The van der Waals surface area contributed by atoms with Crippen LogP contribution in [0, 0.1) is 0 Å². The van der Waals surface area contributed by atoms with E-state index in [0.717, 1.165) is 0 Å². The Morgan fingerprint density at radius 3 is 2.71 bits per heavy atom. The maximum absolute atomic E-state index is 11.8. The highest BCUT2D eigenvalue weighted by Gasteiger charge is 2.36. The molecular formula is C13H17ClN2O4S. The molecule has 1 aromatic rings. The summed E-state index contributed by atoms with van der Waals surface area (Å²) >= 11 is 5.78. The molecule has 0 spiro atoms. The number of carboxylic acids is 1. The average Bonchev–Trinajstić information content (AvgIpc) is 3.21. The van der Waals surface area contributed by atoms with Gasteiger partial charge >= 0.3 is 5.97 Å². The minimum atomic E-state index is -3.22. The number of hydrogen-bond donors (Lipinski definition) is 3. The van der Waals surface area contributed by atoms with E-state index in [2.05, 4.69) is 10.0 Å². The predicted octanol–water partition coefficient (Wildman–Crippen LogP) is 1.92. The van der Waals surface area contributed by atoms with E-state index in [1.807, 2.05) is 0 Å². The van der Waals surface area contributed by atoms with Gasteiger partial charge in [-0.25, -0.2) is 17.9 Å². The van der Waals surface area contributed by atoms with Gasteiger partial charge in [-0.2, -0.15) is 0 Å². The van der Waals surface area contributed by atoms with Crippen molar-refractivity contribution in [3.05, 3.63) is 28.8 Å². The van der Waals surface area contributed by atoms with E-state index in [9.17, 15) is 13.2 Å². The second kappa shape index (κ2) is 6.21. The third-order valence-corrected chi connectivity index (χ3v) is 5.55. The first-order valence-corrected chi connectivity index (χ1v) is 8.50. The number of carboxylic acid groups (broad SMARTS) is 1. The number of anilines is 1.